The van der Waals surface area contributed by atoms with Gasteiger partial charge in [-0.3, -0.25) is 19.2 Å². The zero-order valence-electron chi connectivity index (χ0n) is 26.9. The van der Waals surface area contributed by atoms with Gasteiger partial charge >= 0.3 is 6.09 Å². The largest absolute Gasteiger partial charge is 0.446 e. The molecule has 10 heteroatoms. The first-order chi connectivity index (χ1) is 20.8. The van der Waals surface area contributed by atoms with Gasteiger partial charge in [-0.15, -0.1) is 6.58 Å². The van der Waals surface area contributed by atoms with E-state index in [-0.39, 0.29) is 54.1 Å². The summed E-state index contributed by atoms with van der Waals surface area (Å²) in [6.07, 6.45) is 2.55. The molecule has 1 aromatic rings. The molecule has 1 aliphatic heterocycles. The number of hydrogen-bond acceptors (Lipinski definition) is 6. The van der Waals surface area contributed by atoms with E-state index < -0.39 is 41.8 Å². The smallest absolute Gasteiger partial charge is 0.408 e. The highest BCUT2D eigenvalue weighted by Crippen LogP contribution is 2.65. The molecule has 44 heavy (non-hydrogen) atoms. The summed E-state index contributed by atoms with van der Waals surface area (Å²) in [4.78, 5) is 68.5. The molecule has 6 atom stereocenters. The SMILES string of the molecule is C=CCNC(=O)C(=O)C(CCC)NC(=O)[C@@H]1[C@H]2[C@@H](CN1C(=O)[C@@H](NC(=O)OC(C)C(C)C)C1Cc3ccccc3C1)C2(C)C. The first-order valence-corrected chi connectivity index (χ1v) is 15.9. The molecule has 1 aromatic carbocycles. The number of nitrogens with one attached hydrogen (secondary N) is 3. The molecule has 1 heterocycles. The lowest BCUT2D eigenvalue weighted by Gasteiger charge is -2.35. The average Bonchev–Trinajstić information content (AvgIpc) is 3.35. The van der Waals surface area contributed by atoms with Crippen molar-refractivity contribution in [1.29, 1.82) is 0 Å². The number of rotatable bonds is 13. The van der Waals surface area contributed by atoms with E-state index in [9.17, 15) is 24.0 Å². The van der Waals surface area contributed by atoms with E-state index in [2.05, 4.69) is 36.4 Å². The van der Waals surface area contributed by atoms with Crippen molar-refractivity contribution in [2.75, 3.05) is 13.1 Å². The second kappa shape index (κ2) is 13.5. The Balaban J connectivity index is 1.58. The number of benzene rings is 1. The fourth-order valence-corrected chi connectivity index (χ4v) is 6.89. The van der Waals surface area contributed by atoms with E-state index in [0.717, 1.165) is 11.1 Å². The molecule has 2 fully saturated rings. The lowest BCUT2D eigenvalue weighted by atomic mass is 9.93. The molecule has 2 unspecified atom stereocenters. The van der Waals surface area contributed by atoms with Gasteiger partial charge < -0.3 is 25.6 Å². The van der Waals surface area contributed by atoms with Gasteiger partial charge in [0, 0.05) is 13.1 Å². The summed E-state index contributed by atoms with van der Waals surface area (Å²) >= 11 is 0. The molecule has 3 N–H and O–H groups in total. The van der Waals surface area contributed by atoms with Gasteiger partial charge in [-0.25, -0.2) is 4.79 Å². The van der Waals surface area contributed by atoms with Crippen molar-refractivity contribution < 1.29 is 28.7 Å². The average molecular weight is 609 g/mol. The Hall–Kier alpha value is -3.69. The zero-order valence-corrected chi connectivity index (χ0v) is 26.9. The number of likely N-dealkylation sites (tertiary alicyclic amines) is 1. The molecule has 4 rings (SSSR count). The Labute approximate surface area is 260 Å². The van der Waals surface area contributed by atoms with Crippen LogP contribution in [0.15, 0.2) is 36.9 Å². The Morgan fingerprint density at radius 2 is 1.70 bits per heavy atom. The number of nitrogens with zero attached hydrogens (tertiary/aromatic N) is 1. The van der Waals surface area contributed by atoms with E-state index in [1.165, 1.54) is 6.08 Å². The Kier molecular flexibility index (Phi) is 10.2. The molecule has 0 bridgehead atoms. The van der Waals surface area contributed by atoms with E-state index in [1.807, 2.05) is 52.0 Å². The van der Waals surface area contributed by atoms with Gasteiger partial charge in [0.05, 0.1) is 6.04 Å². The lowest BCUT2D eigenvalue weighted by molar-refractivity contribution is -0.144. The molecule has 2 aliphatic carbocycles. The fraction of sp³-hybridized carbons (Fsp3) is 0.618. The number of fused-ring (bicyclic) bond motifs is 2. The van der Waals surface area contributed by atoms with Crippen molar-refractivity contribution in [1.82, 2.24) is 20.9 Å². The molecule has 0 radical (unpaired) electrons. The maximum Gasteiger partial charge on any atom is 0.408 e. The molecular formula is C34H48N4O6. The van der Waals surface area contributed by atoms with Crippen molar-refractivity contribution in [2.45, 2.75) is 91.5 Å². The van der Waals surface area contributed by atoms with Crippen LogP contribution >= 0.6 is 0 Å². The summed E-state index contributed by atoms with van der Waals surface area (Å²) in [5.74, 6) is -2.41. The number of amides is 4. The molecule has 1 saturated carbocycles. The monoisotopic (exact) mass is 608 g/mol. The van der Waals surface area contributed by atoms with E-state index in [1.54, 1.807) is 4.90 Å². The first-order valence-electron chi connectivity index (χ1n) is 15.9. The molecular weight excluding hydrogens is 560 g/mol. The Bertz CT molecular complexity index is 1270. The van der Waals surface area contributed by atoms with Crippen LogP contribution in [0.3, 0.4) is 0 Å². The predicted octanol–water partition coefficient (Wildman–Crippen LogP) is 3.18. The highest BCUT2D eigenvalue weighted by atomic mass is 16.6. The van der Waals surface area contributed by atoms with E-state index >= 15 is 0 Å². The van der Waals surface area contributed by atoms with Crippen molar-refractivity contribution in [3.63, 3.8) is 0 Å². The van der Waals surface area contributed by atoms with Crippen LogP contribution in [0.1, 0.15) is 65.5 Å². The number of ketones is 1. The van der Waals surface area contributed by atoms with Gasteiger partial charge in [0.1, 0.15) is 18.2 Å². The molecule has 0 spiro atoms. The van der Waals surface area contributed by atoms with Gasteiger partial charge in [0.25, 0.3) is 5.91 Å². The lowest BCUT2D eigenvalue weighted by Crippen LogP contribution is -2.59. The summed E-state index contributed by atoms with van der Waals surface area (Å²) in [6.45, 7) is 15.8. The van der Waals surface area contributed by atoms with Gasteiger partial charge in [-0.1, -0.05) is 71.4 Å². The minimum Gasteiger partial charge on any atom is -0.446 e. The third-order valence-electron chi connectivity index (χ3n) is 9.93. The highest BCUT2D eigenvalue weighted by Gasteiger charge is 2.69. The third kappa shape index (κ3) is 6.84. The van der Waals surface area contributed by atoms with Crippen molar-refractivity contribution in [3.8, 4) is 0 Å². The number of alkyl carbamates (subject to hydrolysis) is 1. The summed E-state index contributed by atoms with van der Waals surface area (Å²) < 4.78 is 5.60. The second-order valence-electron chi connectivity index (χ2n) is 13.5. The van der Waals surface area contributed by atoms with E-state index in [4.69, 9.17) is 4.74 Å². The van der Waals surface area contributed by atoms with Crippen LogP contribution in [0.4, 0.5) is 4.79 Å². The van der Waals surface area contributed by atoms with Crippen LogP contribution < -0.4 is 16.0 Å². The molecule has 0 aromatic heterocycles. The van der Waals surface area contributed by atoms with Crippen LogP contribution in [0.2, 0.25) is 0 Å². The quantitative estimate of drug-likeness (QED) is 0.233. The number of carbonyl (C=O) groups is 5. The number of piperidine rings is 1. The summed E-state index contributed by atoms with van der Waals surface area (Å²) in [5, 5.41) is 8.19. The van der Waals surface area contributed by atoms with Crippen molar-refractivity contribution in [3.05, 3.63) is 48.0 Å². The third-order valence-corrected chi connectivity index (χ3v) is 9.93. The van der Waals surface area contributed by atoms with Gasteiger partial charge in [-0.2, -0.15) is 0 Å². The van der Waals surface area contributed by atoms with Crippen LogP contribution in [0.5, 0.6) is 0 Å². The highest BCUT2D eigenvalue weighted by molar-refractivity contribution is 6.38. The zero-order chi connectivity index (χ0) is 32.3. The maximum absolute atomic E-state index is 14.4. The molecule has 1 saturated heterocycles. The Morgan fingerprint density at radius 1 is 1.07 bits per heavy atom. The van der Waals surface area contributed by atoms with E-state index in [0.29, 0.717) is 25.8 Å². The summed E-state index contributed by atoms with van der Waals surface area (Å²) in [7, 11) is 0. The topological polar surface area (TPSA) is 134 Å². The predicted molar refractivity (Wildman–Crippen MR) is 166 cm³/mol. The van der Waals surface area contributed by atoms with Crippen molar-refractivity contribution in [2.24, 2.45) is 29.1 Å². The van der Waals surface area contributed by atoms with Gasteiger partial charge in [0.2, 0.25) is 17.6 Å². The van der Waals surface area contributed by atoms with Gasteiger partial charge in [0.15, 0.2) is 0 Å². The number of hydrogen-bond donors (Lipinski definition) is 3. The number of carbonyl (C=O) groups excluding carboxylic acids is 5. The standard InChI is InChI=1S/C34H48N4O6/c1-8-12-25(29(39)31(41)35-15-9-2)36-30(40)28-26-24(34(26,6)7)18-38(28)32(42)27(37-33(43)44-20(5)19(3)4)23-16-21-13-10-11-14-22(21)17-23/h9-11,13-14,19-20,23-28H,2,8,12,15-18H2,1,3-7H3,(H,35,41)(H,36,40)(H,37,43)/t20?,24-,25?,26-,27+,28+/m1/s1. The van der Waals surface area contributed by atoms with Gasteiger partial charge in [-0.05, 0) is 66.4 Å². The molecule has 4 amide bonds. The summed E-state index contributed by atoms with van der Waals surface area (Å²) in [6, 6.07) is 5.26. The van der Waals surface area contributed by atoms with Crippen LogP contribution in [0.25, 0.3) is 0 Å². The normalized spacial score (nSPS) is 23.5. The minimum absolute atomic E-state index is 0.101. The van der Waals surface area contributed by atoms with Crippen LogP contribution in [0, 0.1) is 29.1 Å². The molecule has 3 aliphatic rings. The number of Topliss-reactive ketones (excluding diaryl/α,β-unsaturated/α-hetero) is 1. The second-order valence-corrected chi connectivity index (χ2v) is 13.5. The number of ether oxygens (including phenoxy) is 1. The van der Waals surface area contributed by atoms with Crippen LogP contribution in [-0.4, -0.2) is 71.8 Å². The minimum atomic E-state index is -1.01. The maximum atomic E-state index is 14.4. The molecule has 10 nitrogen and oxygen atoms in total. The molecule has 240 valence electrons. The van der Waals surface area contributed by atoms with Crippen LogP contribution in [-0.2, 0) is 36.8 Å². The summed E-state index contributed by atoms with van der Waals surface area (Å²) in [5.41, 5.74) is 2.11. The van der Waals surface area contributed by atoms with Crippen molar-refractivity contribution >= 4 is 29.6 Å². The first kappa shape index (κ1) is 33.2. The fourth-order valence-electron chi connectivity index (χ4n) is 6.89. The Morgan fingerprint density at radius 3 is 2.27 bits per heavy atom.